The van der Waals surface area contributed by atoms with Crippen LogP contribution in [0.3, 0.4) is 0 Å². The first kappa shape index (κ1) is 22.4. The van der Waals surface area contributed by atoms with Crippen LogP contribution in [-0.2, 0) is 23.9 Å². The number of ketones is 3. The van der Waals surface area contributed by atoms with Crippen LogP contribution < -0.4 is 0 Å². The Balaban J connectivity index is 1.54. The number of ether oxygens (including phenoxy) is 1. The minimum Gasteiger partial charge on any atom is -0.457 e. The largest absolute Gasteiger partial charge is 0.457 e. The SMILES string of the molecule is CCC(C)C(=O)OCC(=O)C1CCC2C3CC=C4CC(=O)CCC4(C)C3C(=O)CC12C. The van der Waals surface area contributed by atoms with Gasteiger partial charge in [0.05, 0.1) is 5.92 Å². The summed E-state index contributed by atoms with van der Waals surface area (Å²) in [6, 6.07) is 0. The van der Waals surface area contributed by atoms with Crippen LogP contribution in [0.2, 0.25) is 0 Å². The molecule has 7 atom stereocenters. The van der Waals surface area contributed by atoms with Crippen molar-refractivity contribution in [2.24, 2.45) is 40.4 Å². The Morgan fingerprint density at radius 2 is 1.97 bits per heavy atom. The predicted molar refractivity (Wildman–Crippen MR) is 116 cm³/mol. The molecule has 3 saturated carbocycles. The van der Waals surface area contributed by atoms with Crippen LogP contribution in [0.4, 0.5) is 0 Å². The molecule has 4 rings (SSSR count). The molecule has 4 aliphatic rings. The van der Waals surface area contributed by atoms with Gasteiger partial charge in [-0.2, -0.15) is 0 Å². The Morgan fingerprint density at radius 1 is 1.23 bits per heavy atom. The number of allylic oxidation sites excluding steroid dienone is 2. The van der Waals surface area contributed by atoms with Crippen molar-refractivity contribution < 1.29 is 23.9 Å². The van der Waals surface area contributed by atoms with Crippen LogP contribution in [0.25, 0.3) is 0 Å². The number of carbonyl (C=O) groups excluding carboxylic acids is 4. The Bertz CT molecular complexity index is 841. The van der Waals surface area contributed by atoms with Gasteiger partial charge in [-0.05, 0) is 54.8 Å². The zero-order chi connectivity index (χ0) is 22.6. The number of fused-ring (bicyclic) bond motifs is 5. The standard InChI is InChI=1S/C26H36O5/c1-5-15(2)24(30)31-14-22(29)20-9-8-19-18-7-6-16-12-17(27)10-11-25(16,3)23(18)21(28)13-26(19,20)4/h6,15,18-20,23H,5,7-14H2,1-4H3. The summed E-state index contributed by atoms with van der Waals surface area (Å²) in [7, 11) is 0. The lowest BCUT2D eigenvalue weighted by atomic mass is 9.47. The molecule has 5 nitrogen and oxygen atoms in total. The first-order chi connectivity index (χ1) is 14.6. The Morgan fingerprint density at radius 3 is 2.68 bits per heavy atom. The number of Topliss-reactive ketones (excluding diaryl/α,β-unsaturated/α-hetero) is 3. The highest BCUT2D eigenvalue weighted by Gasteiger charge is 2.62. The third-order valence-electron chi connectivity index (χ3n) is 9.38. The van der Waals surface area contributed by atoms with Gasteiger partial charge >= 0.3 is 5.97 Å². The molecule has 0 bridgehead atoms. The molecule has 0 aromatic carbocycles. The van der Waals surface area contributed by atoms with E-state index in [1.165, 1.54) is 5.57 Å². The van der Waals surface area contributed by atoms with Crippen LogP contribution >= 0.6 is 0 Å². The number of hydrogen-bond donors (Lipinski definition) is 0. The third-order valence-corrected chi connectivity index (χ3v) is 9.38. The van der Waals surface area contributed by atoms with Gasteiger partial charge in [0.1, 0.15) is 18.2 Å². The van der Waals surface area contributed by atoms with Crippen molar-refractivity contribution in [3.8, 4) is 0 Å². The lowest BCUT2D eigenvalue weighted by Gasteiger charge is -2.56. The van der Waals surface area contributed by atoms with Gasteiger partial charge in [0.25, 0.3) is 0 Å². The van der Waals surface area contributed by atoms with E-state index in [-0.39, 0.29) is 64.4 Å². The molecular formula is C26H36O5. The van der Waals surface area contributed by atoms with E-state index in [2.05, 4.69) is 19.9 Å². The van der Waals surface area contributed by atoms with Crippen LogP contribution in [-0.4, -0.2) is 29.9 Å². The van der Waals surface area contributed by atoms with Crippen LogP contribution in [0.15, 0.2) is 11.6 Å². The van der Waals surface area contributed by atoms with Crippen molar-refractivity contribution in [3.05, 3.63) is 11.6 Å². The number of rotatable bonds is 5. The van der Waals surface area contributed by atoms with E-state index in [0.29, 0.717) is 31.6 Å². The van der Waals surface area contributed by atoms with E-state index in [4.69, 9.17) is 4.74 Å². The van der Waals surface area contributed by atoms with Crippen LogP contribution in [0, 0.1) is 40.4 Å². The molecule has 0 saturated heterocycles. The molecule has 0 aliphatic heterocycles. The predicted octanol–water partition coefficient (Wildman–Crippen LogP) is 4.47. The zero-order valence-corrected chi connectivity index (χ0v) is 19.4. The van der Waals surface area contributed by atoms with Gasteiger partial charge in [-0.1, -0.05) is 39.3 Å². The highest BCUT2D eigenvalue weighted by atomic mass is 16.5. The summed E-state index contributed by atoms with van der Waals surface area (Å²) < 4.78 is 5.31. The molecule has 7 unspecified atom stereocenters. The van der Waals surface area contributed by atoms with E-state index in [0.717, 1.165) is 25.7 Å². The lowest BCUT2D eigenvalue weighted by Crippen LogP contribution is -2.55. The molecule has 0 spiro atoms. The average Bonchev–Trinajstić information content (AvgIpc) is 3.07. The summed E-state index contributed by atoms with van der Waals surface area (Å²) in [6.07, 6.45) is 7.72. The summed E-state index contributed by atoms with van der Waals surface area (Å²) in [5.74, 6) is 0.304. The normalized spacial score (nSPS) is 40.3. The number of carbonyl (C=O) groups is 4. The fourth-order valence-electron chi connectivity index (χ4n) is 7.39. The monoisotopic (exact) mass is 428 g/mol. The highest BCUT2D eigenvalue weighted by Crippen LogP contribution is 2.65. The van der Waals surface area contributed by atoms with Crippen molar-refractivity contribution in [1.29, 1.82) is 0 Å². The fourth-order valence-corrected chi connectivity index (χ4v) is 7.39. The summed E-state index contributed by atoms with van der Waals surface area (Å²) in [5.41, 5.74) is 0.609. The van der Waals surface area contributed by atoms with E-state index >= 15 is 0 Å². The van der Waals surface area contributed by atoms with Crippen molar-refractivity contribution in [1.82, 2.24) is 0 Å². The number of esters is 1. The van der Waals surface area contributed by atoms with Crippen molar-refractivity contribution >= 4 is 23.3 Å². The molecule has 0 amide bonds. The van der Waals surface area contributed by atoms with E-state index < -0.39 is 0 Å². The zero-order valence-electron chi connectivity index (χ0n) is 19.4. The molecule has 3 fully saturated rings. The van der Waals surface area contributed by atoms with E-state index in [1.54, 1.807) is 0 Å². The van der Waals surface area contributed by atoms with Crippen LogP contribution in [0.1, 0.15) is 79.1 Å². The van der Waals surface area contributed by atoms with Crippen LogP contribution in [0.5, 0.6) is 0 Å². The molecule has 0 aromatic rings. The maximum absolute atomic E-state index is 13.6. The first-order valence-corrected chi connectivity index (χ1v) is 12.0. The second-order valence-corrected chi connectivity index (χ2v) is 11.0. The van der Waals surface area contributed by atoms with E-state index in [9.17, 15) is 19.2 Å². The summed E-state index contributed by atoms with van der Waals surface area (Å²) in [6.45, 7) is 7.86. The second-order valence-electron chi connectivity index (χ2n) is 11.0. The van der Waals surface area contributed by atoms with Crippen molar-refractivity contribution in [3.63, 3.8) is 0 Å². The molecule has 0 N–H and O–H groups in total. The molecular weight excluding hydrogens is 392 g/mol. The van der Waals surface area contributed by atoms with Gasteiger partial charge in [0.15, 0.2) is 5.78 Å². The van der Waals surface area contributed by atoms with Gasteiger partial charge in [0.2, 0.25) is 0 Å². The molecule has 0 aromatic heterocycles. The summed E-state index contributed by atoms with van der Waals surface area (Å²) in [5, 5.41) is 0. The van der Waals surface area contributed by atoms with Crippen molar-refractivity contribution in [2.45, 2.75) is 79.1 Å². The smallest absolute Gasteiger partial charge is 0.309 e. The highest BCUT2D eigenvalue weighted by molar-refractivity contribution is 5.90. The van der Waals surface area contributed by atoms with Gasteiger partial charge in [-0.15, -0.1) is 0 Å². The van der Waals surface area contributed by atoms with E-state index in [1.807, 2.05) is 13.8 Å². The molecule has 0 radical (unpaired) electrons. The first-order valence-electron chi connectivity index (χ1n) is 12.0. The number of hydrogen-bond acceptors (Lipinski definition) is 5. The second kappa shape index (κ2) is 7.97. The molecule has 4 aliphatic carbocycles. The Labute approximate surface area is 185 Å². The fraction of sp³-hybridized carbons (Fsp3) is 0.769. The van der Waals surface area contributed by atoms with Gasteiger partial charge in [0, 0.05) is 31.1 Å². The maximum atomic E-state index is 13.6. The third kappa shape index (κ3) is 3.52. The van der Waals surface area contributed by atoms with Gasteiger partial charge < -0.3 is 4.74 Å². The molecule has 5 heteroatoms. The maximum Gasteiger partial charge on any atom is 0.309 e. The van der Waals surface area contributed by atoms with Crippen molar-refractivity contribution in [2.75, 3.05) is 6.61 Å². The summed E-state index contributed by atoms with van der Waals surface area (Å²) in [4.78, 5) is 50.7. The average molecular weight is 429 g/mol. The quantitative estimate of drug-likeness (QED) is 0.477. The Hall–Kier alpha value is -1.78. The molecule has 170 valence electrons. The molecule has 31 heavy (non-hydrogen) atoms. The topological polar surface area (TPSA) is 77.5 Å². The summed E-state index contributed by atoms with van der Waals surface area (Å²) >= 11 is 0. The minimum atomic E-state index is -0.357. The lowest BCUT2D eigenvalue weighted by molar-refractivity contribution is -0.156. The molecule has 0 heterocycles. The minimum absolute atomic E-state index is 0.0317. The van der Waals surface area contributed by atoms with Gasteiger partial charge in [-0.3, -0.25) is 19.2 Å². The van der Waals surface area contributed by atoms with Gasteiger partial charge in [-0.25, -0.2) is 0 Å². The Kier molecular flexibility index (Phi) is 5.76.